The number of rotatable bonds is 6. The van der Waals surface area contributed by atoms with Crippen molar-refractivity contribution in [2.75, 3.05) is 6.54 Å². The summed E-state index contributed by atoms with van der Waals surface area (Å²) in [5.74, 6) is -0.249. The Morgan fingerprint density at radius 2 is 2.04 bits per heavy atom. The molecule has 3 rings (SSSR count). The third kappa shape index (κ3) is 3.80. The lowest BCUT2D eigenvalue weighted by molar-refractivity contribution is 0.586. The molecular weight excluding hydrogens is 313 g/mol. The van der Waals surface area contributed by atoms with E-state index in [1.54, 1.807) is 29.7 Å². The van der Waals surface area contributed by atoms with Crippen LogP contribution < -0.4 is 5.32 Å². The van der Waals surface area contributed by atoms with E-state index < -0.39 is 0 Å². The Morgan fingerprint density at radius 1 is 1.26 bits per heavy atom. The Balaban J connectivity index is 1.70. The molecule has 5 nitrogen and oxygen atoms in total. The molecule has 1 atom stereocenters. The Morgan fingerprint density at radius 3 is 2.65 bits per heavy atom. The summed E-state index contributed by atoms with van der Waals surface area (Å²) in [6.45, 7) is 4.86. The third-order valence-corrected chi connectivity index (χ3v) is 4.83. The maximum Gasteiger partial charge on any atom is 0.123 e. The standard InChI is InChI=1S/C16H18FN5S/c1-10-11(2)23-15(20-10)7-8-18-16(14-9-19-22-21-14)12-3-5-13(17)6-4-12/h3-6,9,16,18H,7-8H2,1-2H3,(H,19,21,22). The van der Waals surface area contributed by atoms with Crippen LogP contribution >= 0.6 is 11.3 Å². The predicted octanol–water partition coefficient (Wildman–Crippen LogP) is 2.94. The summed E-state index contributed by atoms with van der Waals surface area (Å²) in [6, 6.07) is 6.31. The van der Waals surface area contributed by atoms with Gasteiger partial charge in [-0.15, -0.1) is 11.3 Å². The molecule has 2 heterocycles. The zero-order valence-corrected chi connectivity index (χ0v) is 13.8. The first-order valence-electron chi connectivity index (χ1n) is 7.41. The first kappa shape index (κ1) is 15.8. The van der Waals surface area contributed by atoms with Gasteiger partial charge in [0, 0.05) is 17.8 Å². The molecule has 0 aliphatic carbocycles. The van der Waals surface area contributed by atoms with E-state index in [0.717, 1.165) is 34.9 Å². The first-order valence-corrected chi connectivity index (χ1v) is 8.22. The van der Waals surface area contributed by atoms with Crippen molar-refractivity contribution in [3.8, 4) is 0 Å². The molecular formula is C16H18FN5S. The van der Waals surface area contributed by atoms with Gasteiger partial charge in [0.15, 0.2) is 0 Å². The van der Waals surface area contributed by atoms with E-state index in [2.05, 4.69) is 32.6 Å². The monoisotopic (exact) mass is 331 g/mol. The Kier molecular flexibility index (Phi) is 4.78. The molecule has 120 valence electrons. The van der Waals surface area contributed by atoms with E-state index >= 15 is 0 Å². The van der Waals surface area contributed by atoms with Gasteiger partial charge in [0.05, 0.1) is 22.9 Å². The average Bonchev–Trinajstić information content (AvgIpc) is 3.16. The van der Waals surface area contributed by atoms with Gasteiger partial charge >= 0.3 is 0 Å². The van der Waals surface area contributed by atoms with Gasteiger partial charge in [0.25, 0.3) is 0 Å². The summed E-state index contributed by atoms with van der Waals surface area (Å²) in [7, 11) is 0. The van der Waals surface area contributed by atoms with Crippen molar-refractivity contribution >= 4 is 11.3 Å². The van der Waals surface area contributed by atoms with E-state index in [1.807, 2.05) is 6.92 Å². The van der Waals surface area contributed by atoms with Gasteiger partial charge in [-0.05, 0) is 31.5 Å². The number of aryl methyl sites for hydroxylation is 2. The fourth-order valence-electron chi connectivity index (χ4n) is 2.37. The first-order chi connectivity index (χ1) is 11.1. The second-order valence-electron chi connectivity index (χ2n) is 5.33. The molecule has 2 aromatic heterocycles. The molecule has 1 unspecified atom stereocenters. The summed E-state index contributed by atoms with van der Waals surface area (Å²) < 4.78 is 13.1. The number of H-pyrrole nitrogens is 1. The van der Waals surface area contributed by atoms with Crippen LogP contribution in [0.3, 0.4) is 0 Å². The van der Waals surface area contributed by atoms with E-state index in [1.165, 1.54) is 17.0 Å². The Labute approximate surface area is 138 Å². The van der Waals surface area contributed by atoms with Crippen LogP contribution in [0.5, 0.6) is 0 Å². The lowest BCUT2D eigenvalue weighted by Gasteiger charge is -2.16. The van der Waals surface area contributed by atoms with Crippen LogP contribution in [-0.2, 0) is 6.42 Å². The molecule has 7 heteroatoms. The fraction of sp³-hybridized carbons (Fsp3) is 0.312. The van der Waals surface area contributed by atoms with Gasteiger partial charge in [-0.2, -0.15) is 15.4 Å². The number of benzene rings is 1. The Bertz CT molecular complexity index is 732. The number of hydrogen-bond donors (Lipinski definition) is 2. The van der Waals surface area contributed by atoms with E-state index in [9.17, 15) is 4.39 Å². The minimum atomic E-state index is -0.249. The highest BCUT2D eigenvalue weighted by molar-refractivity contribution is 7.11. The molecule has 3 aromatic rings. The molecule has 0 fully saturated rings. The molecule has 0 saturated heterocycles. The van der Waals surface area contributed by atoms with Crippen LogP contribution in [0.15, 0.2) is 30.5 Å². The van der Waals surface area contributed by atoms with Gasteiger partial charge in [0.1, 0.15) is 11.5 Å². The van der Waals surface area contributed by atoms with Crippen molar-refractivity contribution in [2.24, 2.45) is 0 Å². The van der Waals surface area contributed by atoms with Crippen LogP contribution in [0.4, 0.5) is 4.39 Å². The van der Waals surface area contributed by atoms with Crippen LogP contribution in [0.2, 0.25) is 0 Å². The van der Waals surface area contributed by atoms with Gasteiger partial charge < -0.3 is 5.32 Å². The van der Waals surface area contributed by atoms with Crippen LogP contribution in [0.25, 0.3) is 0 Å². The summed E-state index contributed by atoms with van der Waals surface area (Å²) in [6.07, 6.45) is 2.52. The molecule has 0 aliphatic rings. The van der Waals surface area contributed by atoms with Crippen LogP contribution in [-0.4, -0.2) is 26.9 Å². The van der Waals surface area contributed by atoms with E-state index in [0.29, 0.717) is 0 Å². The molecule has 23 heavy (non-hydrogen) atoms. The van der Waals surface area contributed by atoms with Crippen molar-refractivity contribution in [1.82, 2.24) is 25.7 Å². The molecule has 0 bridgehead atoms. The third-order valence-electron chi connectivity index (χ3n) is 3.69. The summed E-state index contributed by atoms with van der Waals surface area (Å²) in [5, 5.41) is 15.2. The number of nitrogens with one attached hydrogen (secondary N) is 2. The zero-order chi connectivity index (χ0) is 16.2. The molecule has 1 aromatic carbocycles. The predicted molar refractivity (Wildman–Crippen MR) is 87.9 cm³/mol. The fourth-order valence-corrected chi connectivity index (χ4v) is 3.30. The molecule has 0 radical (unpaired) electrons. The Hall–Kier alpha value is -2.12. The summed E-state index contributed by atoms with van der Waals surface area (Å²) in [4.78, 5) is 5.81. The van der Waals surface area contributed by atoms with Crippen molar-refractivity contribution in [3.63, 3.8) is 0 Å². The second kappa shape index (κ2) is 6.97. The van der Waals surface area contributed by atoms with Crippen molar-refractivity contribution < 1.29 is 4.39 Å². The summed E-state index contributed by atoms with van der Waals surface area (Å²) in [5.41, 5.74) is 2.83. The minimum Gasteiger partial charge on any atom is -0.304 e. The lowest BCUT2D eigenvalue weighted by Crippen LogP contribution is -2.25. The highest BCUT2D eigenvalue weighted by Gasteiger charge is 2.16. The zero-order valence-electron chi connectivity index (χ0n) is 13.0. The average molecular weight is 331 g/mol. The molecule has 0 spiro atoms. The van der Waals surface area contributed by atoms with Crippen LogP contribution in [0, 0.1) is 19.7 Å². The SMILES string of the molecule is Cc1nc(CCNC(c2ccc(F)cc2)c2cn[nH]n2)sc1C. The van der Waals surface area contributed by atoms with Crippen molar-refractivity contribution in [1.29, 1.82) is 0 Å². The second-order valence-corrected chi connectivity index (χ2v) is 6.62. The molecule has 0 amide bonds. The number of hydrogen-bond acceptors (Lipinski definition) is 5. The number of halogens is 1. The van der Waals surface area contributed by atoms with E-state index in [4.69, 9.17) is 0 Å². The lowest BCUT2D eigenvalue weighted by atomic mass is 10.0. The van der Waals surface area contributed by atoms with Crippen molar-refractivity contribution in [3.05, 3.63) is 63.1 Å². The highest BCUT2D eigenvalue weighted by atomic mass is 32.1. The normalized spacial score (nSPS) is 12.5. The smallest absolute Gasteiger partial charge is 0.123 e. The summed E-state index contributed by atoms with van der Waals surface area (Å²) >= 11 is 1.73. The number of thiazole rings is 1. The van der Waals surface area contributed by atoms with Gasteiger partial charge in [-0.25, -0.2) is 9.37 Å². The van der Waals surface area contributed by atoms with Gasteiger partial charge in [-0.3, -0.25) is 0 Å². The molecule has 0 aliphatic heterocycles. The highest BCUT2D eigenvalue weighted by Crippen LogP contribution is 2.21. The van der Waals surface area contributed by atoms with Gasteiger partial charge in [0.2, 0.25) is 0 Å². The number of aromatic amines is 1. The minimum absolute atomic E-state index is 0.128. The van der Waals surface area contributed by atoms with E-state index in [-0.39, 0.29) is 11.9 Å². The molecule has 0 saturated carbocycles. The maximum absolute atomic E-state index is 13.1. The van der Waals surface area contributed by atoms with Gasteiger partial charge in [-0.1, -0.05) is 12.1 Å². The number of aromatic nitrogens is 4. The topological polar surface area (TPSA) is 66.5 Å². The molecule has 2 N–H and O–H groups in total. The maximum atomic E-state index is 13.1. The van der Waals surface area contributed by atoms with Crippen LogP contribution in [0.1, 0.15) is 32.9 Å². The van der Waals surface area contributed by atoms with Crippen molar-refractivity contribution in [2.45, 2.75) is 26.3 Å². The quantitative estimate of drug-likeness (QED) is 0.729. The number of nitrogens with zero attached hydrogens (tertiary/aromatic N) is 3. The largest absolute Gasteiger partial charge is 0.304 e.